The van der Waals surface area contributed by atoms with Gasteiger partial charge in [-0.05, 0) is 62.4 Å². The molecule has 2 aromatic heterocycles. The zero-order chi connectivity index (χ0) is 22.2. The van der Waals surface area contributed by atoms with E-state index < -0.39 is 5.97 Å². The van der Waals surface area contributed by atoms with Gasteiger partial charge in [0.2, 0.25) is 5.95 Å². The Bertz CT molecular complexity index is 1150. The van der Waals surface area contributed by atoms with E-state index in [0.29, 0.717) is 18.8 Å². The second kappa shape index (κ2) is 8.38. The van der Waals surface area contributed by atoms with Crippen LogP contribution in [0.1, 0.15) is 42.9 Å². The Morgan fingerprint density at radius 1 is 1.19 bits per heavy atom. The number of aromatic nitrogens is 4. The van der Waals surface area contributed by atoms with Gasteiger partial charge in [0.25, 0.3) is 0 Å². The number of rotatable bonds is 5. The summed E-state index contributed by atoms with van der Waals surface area (Å²) in [7, 11) is 3.80. The summed E-state index contributed by atoms with van der Waals surface area (Å²) in [4.78, 5) is 22.8. The molecule has 9 heteroatoms. The summed E-state index contributed by atoms with van der Waals surface area (Å²) in [6, 6.07) is 4.38. The number of nitrogens with one attached hydrogen (secondary N) is 1. The predicted molar refractivity (Wildman–Crippen MR) is 120 cm³/mol. The molecule has 0 unspecified atom stereocenters. The highest BCUT2D eigenvalue weighted by Crippen LogP contribution is 2.35. The minimum Gasteiger partial charge on any atom is -0.495 e. The Kier molecular flexibility index (Phi) is 5.42. The summed E-state index contributed by atoms with van der Waals surface area (Å²) in [5, 5.41) is 18.0. The molecule has 0 spiro atoms. The number of aliphatic carboxylic acids is 1. The molecule has 32 heavy (non-hydrogen) atoms. The average molecular weight is 437 g/mol. The number of anilines is 2. The Balaban J connectivity index is 1.42. The van der Waals surface area contributed by atoms with Crippen LogP contribution in [0.25, 0.3) is 11.0 Å². The van der Waals surface area contributed by atoms with Crippen LogP contribution in [-0.2, 0) is 17.8 Å². The van der Waals surface area contributed by atoms with Gasteiger partial charge in [-0.2, -0.15) is 10.1 Å². The third-order valence-electron chi connectivity index (χ3n) is 6.70. The first kappa shape index (κ1) is 20.7. The fraction of sp³-hybridized carbons (Fsp3) is 0.478. The van der Waals surface area contributed by atoms with Crippen LogP contribution in [0.5, 0.6) is 5.75 Å². The van der Waals surface area contributed by atoms with Crippen LogP contribution in [0.3, 0.4) is 0 Å². The third-order valence-corrected chi connectivity index (χ3v) is 6.70. The van der Waals surface area contributed by atoms with Crippen molar-refractivity contribution in [2.75, 3.05) is 26.0 Å². The third kappa shape index (κ3) is 3.88. The number of ether oxygens (including phenoxy) is 1. The molecule has 0 radical (unpaired) electrons. The van der Waals surface area contributed by atoms with E-state index in [1.165, 1.54) is 11.1 Å². The summed E-state index contributed by atoms with van der Waals surface area (Å²) < 4.78 is 7.56. The number of hydrogen-bond acceptors (Lipinski definition) is 7. The molecule has 2 aliphatic rings. The van der Waals surface area contributed by atoms with Gasteiger partial charge in [0.15, 0.2) is 5.65 Å². The maximum atomic E-state index is 11.3. The summed E-state index contributed by atoms with van der Waals surface area (Å²) in [6.07, 6.45) is 7.46. The molecule has 0 atom stereocenters. The topological polar surface area (TPSA) is 105 Å². The first-order chi connectivity index (χ1) is 15.5. The van der Waals surface area contributed by atoms with Crippen LogP contribution in [0.15, 0.2) is 24.5 Å². The molecule has 3 heterocycles. The Hall–Kier alpha value is -3.20. The number of likely N-dealkylation sites (N-methyl/N-ethyl adjacent to an activating group) is 1. The zero-order valence-electron chi connectivity index (χ0n) is 18.4. The van der Waals surface area contributed by atoms with Crippen LogP contribution >= 0.6 is 0 Å². The second-order valence-corrected chi connectivity index (χ2v) is 8.84. The lowest BCUT2D eigenvalue weighted by atomic mass is 9.86. The van der Waals surface area contributed by atoms with E-state index in [4.69, 9.17) is 9.72 Å². The lowest BCUT2D eigenvalue weighted by molar-refractivity contribution is -0.143. The Morgan fingerprint density at radius 3 is 2.75 bits per heavy atom. The SMILES string of the molecule is COc1cc2c(cc1Nc1ncc3cnn([C@H]4CC[C@H](C(=O)O)CC4)c3n1)CN(C)CC2. The molecule has 0 amide bonds. The van der Waals surface area contributed by atoms with Gasteiger partial charge in [0.05, 0.1) is 36.3 Å². The van der Waals surface area contributed by atoms with Crippen molar-refractivity contribution in [2.24, 2.45) is 5.92 Å². The van der Waals surface area contributed by atoms with Crippen LogP contribution in [0, 0.1) is 5.92 Å². The van der Waals surface area contributed by atoms with E-state index in [-0.39, 0.29) is 12.0 Å². The number of methoxy groups -OCH3 is 1. The van der Waals surface area contributed by atoms with Crippen molar-refractivity contribution >= 4 is 28.6 Å². The van der Waals surface area contributed by atoms with Gasteiger partial charge in [-0.15, -0.1) is 0 Å². The van der Waals surface area contributed by atoms with Crippen LogP contribution in [0.4, 0.5) is 11.6 Å². The average Bonchev–Trinajstić information content (AvgIpc) is 3.22. The maximum Gasteiger partial charge on any atom is 0.306 e. The molecule has 168 valence electrons. The molecule has 1 saturated carbocycles. The number of fused-ring (bicyclic) bond motifs is 2. The van der Waals surface area contributed by atoms with E-state index in [2.05, 4.69) is 39.5 Å². The number of benzene rings is 1. The highest BCUT2D eigenvalue weighted by atomic mass is 16.5. The van der Waals surface area contributed by atoms with Gasteiger partial charge in [-0.25, -0.2) is 9.67 Å². The van der Waals surface area contributed by atoms with Crippen molar-refractivity contribution in [3.63, 3.8) is 0 Å². The lowest BCUT2D eigenvalue weighted by Gasteiger charge is -2.26. The van der Waals surface area contributed by atoms with Gasteiger partial charge in [-0.3, -0.25) is 4.79 Å². The Labute approximate surface area is 186 Å². The van der Waals surface area contributed by atoms with Crippen LogP contribution < -0.4 is 10.1 Å². The normalized spacial score (nSPS) is 21.3. The highest BCUT2D eigenvalue weighted by molar-refractivity contribution is 5.76. The van der Waals surface area contributed by atoms with Gasteiger partial charge in [0, 0.05) is 19.3 Å². The first-order valence-electron chi connectivity index (χ1n) is 11.1. The second-order valence-electron chi connectivity index (χ2n) is 8.84. The minimum absolute atomic E-state index is 0.152. The molecule has 9 nitrogen and oxygen atoms in total. The van der Waals surface area contributed by atoms with Crippen LogP contribution in [0.2, 0.25) is 0 Å². The number of carboxylic acid groups (broad SMARTS) is 1. The van der Waals surface area contributed by atoms with E-state index in [1.54, 1.807) is 19.5 Å². The minimum atomic E-state index is -0.701. The molecule has 0 saturated heterocycles. The van der Waals surface area contributed by atoms with Crippen molar-refractivity contribution in [1.29, 1.82) is 0 Å². The van der Waals surface area contributed by atoms with Gasteiger partial charge in [0.1, 0.15) is 5.75 Å². The largest absolute Gasteiger partial charge is 0.495 e. The summed E-state index contributed by atoms with van der Waals surface area (Å²) in [5.41, 5.74) is 4.20. The van der Waals surface area contributed by atoms with E-state index in [9.17, 15) is 9.90 Å². The van der Waals surface area contributed by atoms with E-state index in [1.807, 2.05) is 4.68 Å². The first-order valence-corrected chi connectivity index (χ1v) is 11.1. The predicted octanol–water partition coefficient (Wildman–Crippen LogP) is 3.38. The summed E-state index contributed by atoms with van der Waals surface area (Å²) in [6.45, 7) is 1.95. The molecule has 1 aliphatic heterocycles. The lowest BCUT2D eigenvalue weighted by Crippen LogP contribution is -2.26. The number of hydrogen-bond donors (Lipinski definition) is 2. The molecule has 2 N–H and O–H groups in total. The van der Waals surface area contributed by atoms with Gasteiger partial charge >= 0.3 is 5.97 Å². The smallest absolute Gasteiger partial charge is 0.306 e. The monoisotopic (exact) mass is 436 g/mol. The fourth-order valence-electron chi connectivity index (χ4n) is 4.85. The molecular weight excluding hydrogens is 408 g/mol. The quantitative estimate of drug-likeness (QED) is 0.627. The number of nitrogens with zero attached hydrogens (tertiary/aromatic N) is 5. The van der Waals surface area contributed by atoms with Crippen molar-refractivity contribution < 1.29 is 14.6 Å². The van der Waals surface area contributed by atoms with E-state index in [0.717, 1.165) is 54.8 Å². The zero-order valence-corrected chi connectivity index (χ0v) is 18.4. The molecule has 1 fully saturated rings. The highest BCUT2D eigenvalue weighted by Gasteiger charge is 2.28. The van der Waals surface area contributed by atoms with Crippen molar-refractivity contribution in [3.05, 3.63) is 35.7 Å². The van der Waals surface area contributed by atoms with Gasteiger partial charge in [-0.1, -0.05) is 0 Å². The fourth-order valence-corrected chi connectivity index (χ4v) is 4.85. The number of carbonyl (C=O) groups is 1. The van der Waals surface area contributed by atoms with E-state index >= 15 is 0 Å². The summed E-state index contributed by atoms with van der Waals surface area (Å²) in [5.74, 6) is 0.307. The maximum absolute atomic E-state index is 11.3. The molecule has 1 aromatic carbocycles. The van der Waals surface area contributed by atoms with Gasteiger partial charge < -0.3 is 20.1 Å². The van der Waals surface area contributed by atoms with Crippen molar-refractivity contribution in [2.45, 2.75) is 44.7 Å². The van der Waals surface area contributed by atoms with Crippen molar-refractivity contribution in [1.82, 2.24) is 24.6 Å². The standard InChI is InChI=1S/C23H28N6O3/c1-28-8-7-15-10-20(32-2)19(9-16(15)13-28)26-23-24-11-17-12-25-29(21(17)27-23)18-5-3-14(4-6-18)22(30)31/h9-12,14,18H,3-8,13H2,1-2H3,(H,30,31)(H,24,26,27)/t14-,18-. The summed E-state index contributed by atoms with van der Waals surface area (Å²) >= 11 is 0. The molecule has 3 aromatic rings. The van der Waals surface area contributed by atoms with Crippen molar-refractivity contribution in [3.8, 4) is 5.75 Å². The molecule has 0 bridgehead atoms. The van der Waals surface area contributed by atoms with Crippen LogP contribution in [-0.4, -0.2) is 56.4 Å². The molecule has 1 aliphatic carbocycles. The molecule has 5 rings (SSSR count). The Morgan fingerprint density at radius 2 is 2.00 bits per heavy atom. The molecular formula is C23H28N6O3. The number of carboxylic acids is 1.